The third-order valence-electron chi connectivity index (χ3n) is 1.11. The summed E-state index contributed by atoms with van der Waals surface area (Å²) in [6, 6.07) is 0.511. The van der Waals surface area contributed by atoms with E-state index in [0.29, 0.717) is 11.9 Å². The molecular weight excluding hydrogens is 162 g/mol. The van der Waals surface area contributed by atoms with Gasteiger partial charge in [0.1, 0.15) is 0 Å². The van der Waals surface area contributed by atoms with Gasteiger partial charge in [-0.15, -0.1) is 5.10 Å². The smallest absolute Gasteiger partial charge is 0.315 e. The fourth-order valence-corrected chi connectivity index (χ4v) is 0.934. The Bertz CT molecular complexity index is 213. The Balaban J connectivity index is 2.27. The maximum Gasteiger partial charge on any atom is 0.315 e. The van der Waals surface area contributed by atoms with Crippen LogP contribution in [0, 0.1) is 6.92 Å². The number of nitrogens with zero attached hydrogens (tertiary/aromatic N) is 2. The Morgan fingerprint density at radius 3 is 2.91 bits per heavy atom. The van der Waals surface area contributed by atoms with Crippen LogP contribution < -0.4 is 5.32 Å². The van der Waals surface area contributed by atoms with E-state index in [9.17, 15) is 0 Å². The van der Waals surface area contributed by atoms with Gasteiger partial charge in [0.05, 0.1) is 0 Å². The molecule has 1 rings (SSSR count). The average molecular weight is 173 g/mol. The number of anilines is 1. The van der Waals surface area contributed by atoms with E-state index in [0.717, 1.165) is 12.3 Å². The molecule has 0 radical (unpaired) electrons. The zero-order valence-electron chi connectivity index (χ0n) is 6.63. The molecule has 4 nitrogen and oxygen atoms in total. The Labute approximate surface area is 69.8 Å². The molecule has 62 valence electrons. The van der Waals surface area contributed by atoms with E-state index in [2.05, 4.69) is 21.8 Å². The molecule has 0 saturated carbocycles. The predicted molar refractivity (Wildman–Crippen MR) is 45.9 cm³/mol. The lowest BCUT2D eigenvalue weighted by Crippen LogP contribution is -2.03. The van der Waals surface area contributed by atoms with Gasteiger partial charge < -0.3 is 9.73 Å². The van der Waals surface area contributed by atoms with Crippen LogP contribution in [0.3, 0.4) is 0 Å². The number of rotatable bonds is 4. The summed E-state index contributed by atoms with van der Waals surface area (Å²) < 4.78 is 5.09. The fourth-order valence-electron chi connectivity index (χ4n) is 0.628. The van der Waals surface area contributed by atoms with Gasteiger partial charge in [-0.1, -0.05) is 5.10 Å². The molecule has 0 unspecified atom stereocenters. The maximum atomic E-state index is 5.09. The Kier molecular flexibility index (Phi) is 3.22. The summed E-state index contributed by atoms with van der Waals surface area (Å²) in [5, 5.41) is 10.5. The van der Waals surface area contributed by atoms with E-state index in [1.165, 1.54) is 0 Å². The van der Waals surface area contributed by atoms with Crippen LogP contribution in [-0.2, 0) is 0 Å². The number of nitrogens with one attached hydrogen (secondary N) is 1. The molecule has 0 aliphatic heterocycles. The topological polar surface area (TPSA) is 51.0 Å². The third kappa shape index (κ3) is 2.80. The van der Waals surface area contributed by atoms with Crippen LogP contribution in [0.15, 0.2) is 4.42 Å². The van der Waals surface area contributed by atoms with Crippen molar-refractivity contribution in [2.45, 2.75) is 6.92 Å². The second-order valence-corrected chi connectivity index (χ2v) is 3.03. The van der Waals surface area contributed by atoms with Gasteiger partial charge in [-0.3, -0.25) is 0 Å². The molecule has 0 aromatic carbocycles. The maximum absolute atomic E-state index is 5.09. The van der Waals surface area contributed by atoms with E-state index < -0.39 is 0 Å². The molecule has 0 atom stereocenters. The second kappa shape index (κ2) is 4.23. The molecule has 0 bridgehead atoms. The van der Waals surface area contributed by atoms with Crippen molar-refractivity contribution >= 4 is 17.8 Å². The number of aromatic nitrogens is 2. The molecule has 5 heteroatoms. The molecule has 0 aliphatic carbocycles. The summed E-state index contributed by atoms with van der Waals surface area (Å²) in [5.74, 6) is 1.64. The van der Waals surface area contributed by atoms with Gasteiger partial charge in [0.25, 0.3) is 0 Å². The first-order chi connectivity index (χ1) is 5.33. The van der Waals surface area contributed by atoms with Crippen molar-refractivity contribution in [3.63, 3.8) is 0 Å². The van der Waals surface area contributed by atoms with Gasteiger partial charge in [0, 0.05) is 19.2 Å². The molecule has 1 N–H and O–H groups in total. The minimum Gasteiger partial charge on any atom is -0.408 e. The van der Waals surface area contributed by atoms with Gasteiger partial charge in [0.2, 0.25) is 5.89 Å². The first-order valence-electron chi connectivity index (χ1n) is 3.36. The lowest BCUT2D eigenvalue weighted by atomic mass is 10.7. The van der Waals surface area contributed by atoms with Crippen molar-refractivity contribution in [3.8, 4) is 0 Å². The largest absolute Gasteiger partial charge is 0.408 e. The summed E-state index contributed by atoms with van der Waals surface area (Å²) in [5.41, 5.74) is 0. The molecule has 1 aromatic heterocycles. The number of thioether (sulfide) groups is 1. The van der Waals surface area contributed by atoms with Crippen molar-refractivity contribution in [1.29, 1.82) is 0 Å². The molecule has 1 aromatic rings. The average Bonchev–Trinajstić information content (AvgIpc) is 2.37. The Hall–Kier alpha value is -0.710. The van der Waals surface area contributed by atoms with Crippen molar-refractivity contribution in [2.24, 2.45) is 0 Å². The highest BCUT2D eigenvalue weighted by molar-refractivity contribution is 7.98. The van der Waals surface area contributed by atoms with E-state index in [1.807, 2.05) is 0 Å². The molecule has 0 saturated heterocycles. The molecule has 0 spiro atoms. The summed E-state index contributed by atoms with van der Waals surface area (Å²) in [4.78, 5) is 0. The highest BCUT2D eigenvalue weighted by atomic mass is 32.2. The minimum atomic E-state index is 0.511. The Morgan fingerprint density at radius 2 is 2.36 bits per heavy atom. The van der Waals surface area contributed by atoms with Crippen molar-refractivity contribution < 1.29 is 4.42 Å². The number of hydrogen-bond donors (Lipinski definition) is 1. The van der Waals surface area contributed by atoms with Gasteiger partial charge in [-0.2, -0.15) is 11.8 Å². The van der Waals surface area contributed by atoms with Crippen LogP contribution in [0.5, 0.6) is 0 Å². The standard InChI is InChI=1S/C6H11N3OS/c1-5-8-9-6(10-5)7-3-4-11-2/h3-4H2,1-2H3,(H,7,9). The molecule has 11 heavy (non-hydrogen) atoms. The summed E-state index contributed by atoms with van der Waals surface area (Å²) in [6.07, 6.45) is 2.06. The molecular formula is C6H11N3OS. The van der Waals surface area contributed by atoms with Crippen LogP contribution in [0.4, 0.5) is 6.01 Å². The SMILES string of the molecule is CSCCNc1nnc(C)o1. The van der Waals surface area contributed by atoms with Gasteiger partial charge in [-0.25, -0.2) is 0 Å². The monoisotopic (exact) mass is 173 g/mol. The Morgan fingerprint density at radius 1 is 1.55 bits per heavy atom. The first kappa shape index (κ1) is 8.39. The fraction of sp³-hybridized carbons (Fsp3) is 0.667. The van der Waals surface area contributed by atoms with E-state index in [-0.39, 0.29) is 0 Å². The molecule has 0 aliphatic rings. The van der Waals surface area contributed by atoms with Crippen LogP contribution in [0.1, 0.15) is 5.89 Å². The van der Waals surface area contributed by atoms with Gasteiger partial charge >= 0.3 is 6.01 Å². The van der Waals surface area contributed by atoms with E-state index >= 15 is 0 Å². The normalized spacial score (nSPS) is 10.0. The van der Waals surface area contributed by atoms with Crippen LogP contribution in [-0.4, -0.2) is 28.8 Å². The highest BCUT2D eigenvalue weighted by Gasteiger charge is 1.98. The van der Waals surface area contributed by atoms with E-state index in [4.69, 9.17) is 4.42 Å². The summed E-state index contributed by atoms with van der Waals surface area (Å²) >= 11 is 1.78. The van der Waals surface area contributed by atoms with Crippen LogP contribution in [0.2, 0.25) is 0 Å². The quantitative estimate of drug-likeness (QED) is 0.692. The van der Waals surface area contributed by atoms with Crippen molar-refractivity contribution in [2.75, 3.05) is 23.9 Å². The molecule has 0 amide bonds. The van der Waals surface area contributed by atoms with Crippen LogP contribution >= 0.6 is 11.8 Å². The van der Waals surface area contributed by atoms with Crippen LogP contribution in [0.25, 0.3) is 0 Å². The lowest BCUT2D eigenvalue weighted by molar-refractivity contribution is 0.532. The third-order valence-corrected chi connectivity index (χ3v) is 1.72. The zero-order valence-corrected chi connectivity index (χ0v) is 7.44. The minimum absolute atomic E-state index is 0.511. The van der Waals surface area contributed by atoms with Crippen molar-refractivity contribution in [3.05, 3.63) is 5.89 Å². The number of hydrogen-bond acceptors (Lipinski definition) is 5. The lowest BCUT2D eigenvalue weighted by Gasteiger charge is -1.96. The summed E-state index contributed by atoms with van der Waals surface area (Å²) in [6.45, 7) is 2.63. The highest BCUT2D eigenvalue weighted by Crippen LogP contribution is 2.03. The molecule has 0 fully saturated rings. The van der Waals surface area contributed by atoms with Gasteiger partial charge in [0.15, 0.2) is 0 Å². The zero-order chi connectivity index (χ0) is 8.10. The summed E-state index contributed by atoms with van der Waals surface area (Å²) in [7, 11) is 0. The first-order valence-corrected chi connectivity index (χ1v) is 4.75. The number of aryl methyl sites for hydroxylation is 1. The predicted octanol–water partition coefficient (Wildman–Crippen LogP) is 1.15. The van der Waals surface area contributed by atoms with Gasteiger partial charge in [-0.05, 0) is 6.26 Å². The van der Waals surface area contributed by atoms with E-state index in [1.54, 1.807) is 18.7 Å². The second-order valence-electron chi connectivity index (χ2n) is 2.05. The molecule has 1 heterocycles. The van der Waals surface area contributed by atoms with Crippen molar-refractivity contribution in [1.82, 2.24) is 10.2 Å².